The van der Waals surface area contributed by atoms with E-state index in [2.05, 4.69) is 22.9 Å². The van der Waals surface area contributed by atoms with Gasteiger partial charge in [0.1, 0.15) is 0 Å². The van der Waals surface area contributed by atoms with Crippen LogP contribution in [0.1, 0.15) is 39.0 Å². The Labute approximate surface area is 116 Å². The van der Waals surface area contributed by atoms with Crippen LogP contribution in [0.4, 0.5) is 16.2 Å². The van der Waals surface area contributed by atoms with Gasteiger partial charge in [0.05, 0.1) is 0 Å². The van der Waals surface area contributed by atoms with E-state index in [4.69, 9.17) is 0 Å². The molecule has 0 spiro atoms. The van der Waals surface area contributed by atoms with Gasteiger partial charge >= 0.3 is 6.03 Å². The van der Waals surface area contributed by atoms with Crippen molar-refractivity contribution >= 4 is 17.4 Å². The minimum absolute atomic E-state index is 0.198. The Kier molecular flexibility index (Phi) is 7.47. The molecule has 1 rings (SSSR count). The molecule has 3 N–H and O–H groups in total. The van der Waals surface area contributed by atoms with E-state index in [0.717, 1.165) is 17.9 Å². The molecule has 0 saturated heterocycles. The third-order valence-electron chi connectivity index (χ3n) is 2.98. The smallest absolute Gasteiger partial charge is 0.318 e. The molecule has 0 aliphatic heterocycles. The summed E-state index contributed by atoms with van der Waals surface area (Å²) in [6, 6.07) is 7.56. The third kappa shape index (κ3) is 6.70. The molecule has 1 aromatic rings. The molecule has 106 valence electrons. The second-order valence-corrected chi connectivity index (χ2v) is 4.62. The number of hydrogen-bond donors (Lipinski definition) is 3. The molecule has 0 atom stereocenters. The maximum absolute atomic E-state index is 11.1. The summed E-state index contributed by atoms with van der Waals surface area (Å²) in [7, 11) is 1.60. The van der Waals surface area contributed by atoms with E-state index in [-0.39, 0.29) is 6.03 Å². The fraction of sp³-hybridized carbons (Fsp3) is 0.533. The highest BCUT2D eigenvalue weighted by atomic mass is 16.2. The molecule has 0 aliphatic carbocycles. The lowest BCUT2D eigenvalue weighted by Crippen LogP contribution is -2.24. The zero-order chi connectivity index (χ0) is 13.9. The molecule has 0 bridgehead atoms. The number of carbonyl (C=O) groups is 1. The number of carbonyl (C=O) groups excluding carboxylic acids is 1. The number of benzene rings is 1. The molecule has 4 nitrogen and oxygen atoms in total. The molecule has 1 aromatic carbocycles. The van der Waals surface area contributed by atoms with Gasteiger partial charge in [0.15, 0.2) is 0 Å². The highest BCUT2D eigenvalue weighted by Gasteiger charge is 1.98. The number of amides is 2. The Hall–Kier alpha value is -1.71. The highest BCUT2D eigenvalue weighted by Crippen LogP contribution is 2.13. The number of hydrogen-bond acceptors (Lipinski definition) is 2. The van der Waals surface area contributed by atoms with Gasteiger partial charge in [0.2, 0.25) is 0 Å². The van der Waals surface area contributed by atoms with E-state index in [0.29, 0.717) is 0 Å². The van der Waals surface area contributed by atoms with Crippen LogP contribution < -0.4 is 16.0 Å². The van der Waals surface area contributed by atoms with Gasteiger partial charge < -0.3 is 16.0 Å². The van der Waals surface area contributed by atoms with E-state index in [1.54, 1.807) is 7.05 Å². The summed E-state index contributed by atoms with van der Waals surface area (Å²) in [6.07, 6.45) is 6.44. The van der Waals surface area contributed by atoms with E-state index in [9.17, 15) is 4.79 Å². The first-order chi connectivity index (χ1) is 9.26. The minimum Gasteiger partial charge on any atom is -0.385 e. The molecule has 0 radical (unpaired) electrons. The Morgan fingerprint density at radius 1 is 1.00 bits per heavy atom. The fourth-order valence-corrected chi connectivity index (χ4v) is 1.83. The van der Waals surface area contributed by atoms with Crippen molar-refractivity contribution in [2.75, 3.05) is 24.2 Å². The normalized spacial score (nSPS) is 10.0. The number of unbranched alkanes of at least 4 members (excludes halogenated alkanes) is 4. The van der Waals surface area contributed by atoms with Crippen LogP contribution in [0.2, 0.25) is 0 Å². The van der Waals surface area contributed by atoms with Crippen LogP contribution in [0.5, 0.6) is 0 Å². The topological polar surface area (TPSA) is 53.2 Å². The van der Waals surface area contributed by atoms with Crippen molar-refractivity contribution in [3.05, 3.63) is 24.3 Å². The van der Waals surface area contributed by atoms with Crippen LogP contribution in [-0.2, 0) is 0 Å². The summed E-state index contributed by atoms with van der Waals surface area (Å²) in [5.41, 5.74) is 1.89. The Morgan fingerprint density at radius 2 is 1.63 bits per heavy atom. The lowest BCUT2D eigenvalue weighted by Gasteiger charge is -2.08. The predicted molar refractivity (Wildman–Crippen MR) is 81.8 cm³/mol. The predicted octanol–water partition coefficient (Wildman–Crippen LogP) is 3.82. The zero-order valence-corrected chi connectivity index (χ0v) is 12.0. The standard InChI is InChI=1S/C15H25N3O/c1-3-4-5-6-7-12-17-13-8-10-14(11-9-13)18-15(19)16-2/h8-11,17H,3-7,12H2,1-2H3,(H2,16,18,19). The lowest BCUT2D eigenvalue weighted by molar-refractivity contribution is 0.254. The second-order valence-electron chi connectivity index (χ2n) is 4.62. The van der Waals surface area contributed by atoms with Gasteiger partial charge in [-0.15, -0.1) is 0 Å². The van der Waals surface area contributed by atoms with Gasteiger partial charge in [-0.2, -0.15) is 0 Å². The van der Waals surface area contributed by atoms with E-state index < -0.39 is 0 Å². The van der Waals surface area contributed by atoms with Gasteiger partial charge in [0.25, 0.3) is 0 Å². The van der Waals surface area contributed by atoms with E-state index in [1.165, 1.54) is 32.1 Å². The summed E-state index contributed by atoms with van der Waals surface area (Å²) in [5.74, 6) is 0. The summed E-state index contributed by atoms with van der Waals surface area (Å²) in [4.78, 5) is 11.1. The molecule has 0 saturated carbocycles. The number of rotatable bonds is 8. The van der Waals surface area contributed by atoms with Crippen molar-refractivity contribution in [3.63, 3.8) is 0 Å². The first-order valence-corrected chi connectivity index (χ1v) is 7.09. The molecular formula is C15H25N3O. The first-order valence-electron chi connectivity index (χ1n) is 7.09. The number of nitrogens with one attached hydrogen (secondary N) is 3. The van der Waals surface area contributed by atoms with Crippen LogP contribution in [0, 0.1) is 0 Å². The van der Waals surface area contributed by atoms with Gasteiger partial charge in [-0.05, 0) is 30.7 Å². The van der Waals surface area contributed by atoms with Crippen molar-refractivity contribution in [3.8, 4) is 0 Å². The van der Waals surface area contributed by atoms with Gasteiger partial charge in [-0.1, -0.05) is 32.6 Å². The molecule has 0 heterocycles. The first kappa shape index (κ1) is 15.3. The zero-order valence-electron chi connectivity index (χ0n) is 12.0. The monoisotopic (exact) mass is 263 g/mol. The van der Waals surface area contributed by atoms with Crippen molar-refractivity contribution in [1.82, 2.24) is 5.32 Å². The quantitative estimate of drug-likeness (QED) is 0.624. The second kappa shape index (κ2) is 9.25. The van der Waals surface area contributed by atoms with Gasteiger partial charge in [0, 0.05) is 25.0 Å². The Balaban J connectivity index is 2.22. The Bertz CT molecular complexity index is 362. The highest BCUT2D eigenvalue weighted by molar-refractivity contribution is 5.89. The van der Waals surface area contributed by atoms with Gasteiger partial charge in [-0.3, -0.25) is 0 Å². The van der Waals surface area contributed by atoms with Crippen molar-refractivity contribution < 1.29 is 4.79 Å². The third-order valence-corrected chi connectivity index (χ3v) is 2.98. The maximum Gasteiger partial charge on any atom is 0.318 e. The fourth-order valence-electron chi connectivity index (χ4n) is 1.83. The average Bonchev–Trinajstić information content (AvgIpc) is 2.44. The molecule has 4 heteroatoms. The maximum atomic E-state index is 11.1. The van der Waals surface area contributed by atoms with Gasteiger partial charge in [-0.25, -0.2) is 4.79 Å². The van der Waals surface area contributed by atoms with Crippen molar-refractivity contribution in [1.29, 1.82) is 0 Å². The minimum atomic E-state index is -0.198. The lowest BCUT2D eigenvalue weighted by atomic mass is 10.1. The van der Waals surface area contributed by atoms with Crippen LogP contribution in [-0.4, -0.2) is 19.6 Å². The SMILES string of the molecule is CCCCCCCNc1ccc(NC(=O)NC)cc1. The van der Waals surface area contributed by atoms with E-state index in [1.807, 2.05) is 24.3 Å². The molecule has 2 amide bonds. The Morgan fingerprint density at radius 3 is 2.26 bits per heavy atom. The molecule has 0 aromatic heterocycles. The van der Waals surface area contributed by atoms with Crippen molar-refractivity contribution in [2.24, 2.45) is 0 Å². The number of anilines is 2. The summed E-state index contributed by atoms with van der Waals surface area (Å²) in [5, 5.41) is 8.64. The molecular weight excluding hydrogens is 238 g/mol. The summed E-state index contributed by atoms with van der Waals surface area (Å²) in [6.45, 7) is 3.23. The molecule has 0 aliphatic rings. The molecule has 0 fully saturated rings. The summed E-state index contributed by atoms with van der Waals surface area (Å²) < 4.78 is 0. The summed E-state index contributed by atoms with van der Waals surface area (Å²) >= 11 is 0. The van der Waals surface area contributed by atoms with E-state index >= 15 is 0 Å². The molecule has 19 heavy (non-hydrogen) atoms. The van der Waals surface area contributed by atoms with Crippen LogP contribution >= 0.6 is 0 Å². The largest absolute Gasteiger partial charge is 0.385 e. The van der Waals surface area contributed by atoms with Crippen LogP contribution in [0.3, 0.4) is 0 Å². The molecule has 0 unspecified atom stereocenters. The van der Waals surface area contributed by atoms with Crippen LogP contribution in [0.25, 0.3) is 0 Å². The number of urea groups is 1. The van der Waals surface area contributed by atoms with Crippen LogP contribution in [0.15, 0.2) is 24.3 Å². The average molecular weight is 263 g/mol. The van der Waals surface area contributed by atoms with Crippen molar-refractivity contribution in [2.45, 2.75) is 39.0 Å².